The molecule has 0 spiro atoms. The average Bonchev–Trinajstić information content (AvgIpc) is 2.71. The van der Waals surface area contributed by atoms with Gasteiger partial charge in [0, 0.05) is 20.7 Å². The first-order valence-electron chi connectivity index (χ1n) is 6.03. The highest BCUT2D eigenvalue weighted by Gasteiger charge is 2.17. The van der Waals surface area contributed by atoms with Gasteiger partial charge in [0.2, 0.25) is 0 Å². The van der Waals surface area contributed by atoms with Crippen molar-refractivity contribution in [3.05, 3.63) is 49.9 Å². The maximum absolute atomic E-state index is 4.44. The second-order valence-corrected chi connectivity index (χ2v) is 6.11. The van der Waals surface area contributed by atoms with E-state index in [1.54, 1.807) is 11.3 Å². The molecule has 1 unspecified atom stereocenters. The van der Waals surface area contributed by atoms with Crippen molar-refractivity contribution >= 4 is 27.3 Å². The maximum Gasteiger partial charge on any atom is 0.0683 e. The monoisotopic (exact) mass is 324 g/mol. The van der Waals surface area contributed by atoms with E-state index < -0.39 is 0 Å². The zero-order chi connectivity index (χ0) is 13.1. The Hall–Kier alpha value is -0.710. The van der Waals surface area contributed by atoms with Gasteiger partial charge in [0.1, 0.15) is 0 Å². The van der Waals surface area contributed by atoms with Crippen molar-refractivity contribution in [2.45, 2.75) is 26.8 Å². The molecule has 0 bridgehead atoms. The Bertz CT molecular complexity index is 516. The molecule has 2 heterocycles. The Labute approximate surface area is 121 Å². The second-order valence-electron chi connectivity index (χ2n) is 4.31. The van der Waals surface area contributed by atoms with Gasteiger partial charge >= 0.3 is 0 Å². The molecule has 0 aliphatic carbocycles. The number of aryl methyl sites for hydroxylation is 2. The fraction of sp³-hybridized carbons (Fsp3) is 0.357. The van der Waals surface area contributed by atoms with E-state index in [4.69, 9.17) is 0 Å². The zero-order valence-electron chi connectivity index (χ0n) is 10.8. The molecule has 2 rings (SSSR count). The van der Waals surface area contributed by atoms with Crippen LogP contribution in [0.25, 0.3) is 0 Å². The predicted molar refractivity (Wildman–Crippen MR) is 81.2 cm³/mol. The van der Waals surface area contributed by atoms with E-state index in [1.165, 1.54) is 14.9 Å². The fourth-order valence-corrected chi connectivity index (χ4v) is 3.81. The summed E-state index contributed by atoms with van der Waals surface area (Å²) < 4.78 is 1.17. The lowest BCUT2D eigenvalue weighted by Crippen LogP contribution is -2.21. The van der Waals surface area contributed by atoms with Gasteiger partial charge in [0.05, 0.1) is 6.04 Å². The standard InChI is InChI=1S/C14H17BrN2S/c1-4-16-13(14-12(15)5-6-18-14)11-7-9(2)17-10(3)8-11/h5-8,13,16H,4H2,1-3H3. The molecule has 0 radical (unpaired) electrons. The minimum atomic E-state index is 0.241. The summed E-state index contributed by atoms with van der Waals surface area (Å²) in [6, 6.07) is 6.66. The van der Waals surface area contributed by atoms with Crippen LogP contribution in [-0.2, 0) is 0 Å². The van der Waals surface area contributed by atoms with Gasteiger partial charge in [-0.25, -0.2) is 0 Å². The van der Waals surface area contributed by atoms with Gasteiger partial charge in [-0.3, -0.25) is 4.98 Å². The summed E-state index contributed by atoms with van der Waals surface area (Å²) in [7, 11) is 0. The minimum Gasteiger partial charge on any atom is -0.306 e. The maximum atomic E-state index is 4.44. The Balaban J connectivity index is 2.44. The molecule has 2 nitrogen and oxygen atoms in total. The first-order valence-corrected chi connectivity index (χ1v) is 7.70. The molecule has 1 atom stereocenters. The number of thiophene rings is 1. The van der Waals surface area contributed by atoms with Gasteiger partial charge in [0.15, 0.2) is 0 Å². The lowest BCUT2D eigenvalue weighted by molar-refractivity contribution is 0.636. The van der Waals surface area contributed by atoms with Gasteiger partial charge in [-0.1, -0.05) is 6.92 Å². The third-order valence-corrected chi connectivity index (χ3v) is 4.69. The molecule has 96 valence electrons. The van der Waals surface area contributed by atoms with Gasteiger partial charge in [-0.15, -0.1) is 11.3 Å². The molecule has 0 saturated heterocycles. The zero-order valence-corrected chi connectivity index (χ0v) is 13.2. The van der Waals surface area contributed by atoms with E-state index >= 15 is 0 Å². The van der Waals surface area contributed by atoms with Crippen molar-refractivity contribution < 1.29 is 0 Å². The van der Waals surface area contributed by atoms with E-state index in [2.05, 4.69) is 56.7 Å². The van der Waals surface area contributed by atoms with Gasteiger partial charge in [-0.05, 0) is 65.5 Å². The SMILES string of the molecule is CCNC(c1cc(C)nc(C)c1)c1sccc1Br. The Morgan fingerprint density at radius 2 is 2.00 bits per heavy atom. The van der Waals surface area contributed by atoms with E-state index in [0.717, 1.165) is 17.9 Å². The summed E-state index contributed by atoms with van der Waals surface area (Å²) in [5.41, 5.74) is 3.42. The van der Waals surface area contributed by atoms with E-state index in [0.29, 0.717) is 0 Å². The number of nitrogens with zero attached hydrogens (tertiary/aromatic N) is 1. The van der Waals surface area contributed by atoms with E-state index in [-0.39, 0.29) is 6.04 Å². The van der Waals surface area contributed by atoms with Gasteiger partial charge < -0.3 is 5.32 Å². The van der Waals surface area contributed by atoms with Crippen LogP contribution in [0, 0.1) is 13.8 Å². The summed E-state index contributed by atoms with van der Waals surface area (Å²) in [6.07, 6.45) is 0. The minimum absolute atomic E-state index is 0.241. The molecule has 18 heavy (non-hydrogen) atoms. The Morgan fingerprint density at radius 1 is 1.33 bits per heavy atom. The molecule has 2 aromatic heterocycles. The predicted octanol–water partition coefficient (Wildman–Crippen LogP) is 4.22. The van der Waals surface area contributed by atoms with Crippen molar-refractivity contribution in [3.63, 3.8) is 0 Å². The number of pyridine rings is 1. The first kappa shape index (κ1) is 13.7. The summed E-state index contributed by atoms with van der Waals surface area (Å²) in [5.74, 6) is 0. The van der Waals surface area contributed by atoms with Crippen molar-refractivity contribution in [1.29, 1.82) is 0 Å². The van der Waals surface area contributed by atoms with Crippen LogP contribution < -0.4 is 5.32 Å². The lowest BCUT2D eigenvalue weighted by Gasteiger charge is -2.18. The van der Waals surface area contributed by atoms with Crippen molar-refractivity contribution in [2.24, 2.45) is 0 Å². The average molecular weight is 325 g/mol. The topological polar surface area (TPSA) is 24.9 Å². The third kappa shape index (κ3) is 2.99. The highest BCUT2D eigenvalue weighted by atomic mass is 79.9. The van der Waals surface area contributed by atoms with Crippen LogP contribution in [0.1, 0.15) is 34.8 Å². The molecular weight excluding hydrogens is 308 g/mol. The third-order valence-electron chi connectivity index (χ3n) is 2.75. The summed E-state index contributed by atoms with van der Waals surface area (Å²) in [4.78, 5) is 5.77. The molecule has 0 aromatic carbocycles. The molecule has 0 saturated carbocycles. The first-order chi connectivity index (χ1) is 8.61. The quantitative estimate of drug-likeness (QED) is 0.910. The summed E-state index contributed by atoms with van der Waals surface area (Å²) >= 11 is 5.40. The number of hydrogen-bond acceptors (Lipinski definition) is 3. The largest absolute Gasteiger partial charge is 0.306 e. The number of halogens is 1. The highest BCUT2D eigenvalue weighted by molar-refractivity contribution is 9.10. The number of hydrogen-bond donors (Lipinski definition) is 1. The molecule has 0 fully saturated rings. The normalized spacial score (nSPS) is 12.7. The molecule has 0 aliphatic rings. The summed E-state index contributed by atoms with van der Waals surface area (Å²) in [5, 5.41) is 5.66. The van der Waals surface area contributed by atoms with Crippen molar-refractivity contribution in [2.75, 3.05) is 6.54 Å². The highest BCUT2D eigenvalue weighted by Crippen LogP contribution is 2.33. The van der Waals surface area contributed by atoms with Crippen LogP contribution >= 0.6 is 27.3 Å². The van der Waals surface area contributed by atoms with Crippen LogP contribution in [-0.4, -0.2) is 11.5 Å². The van der Waals surface area contributed by atoms with Gasteiger partial charge in [-0.2, -0.15) is 0 Å². The van der Waals surface area contributed by atoms with Gasteiger partial charge in [0.25, 0.3) is 0 Å². The Kier molecular flexibility index (Phi) is 4.54. The van der Waals surface area contributed by atoms with Crippen molar-refractivity contribution in [1.82, 2.24) is 10.3 Å². The van der Waals surface area contributed by atoms with E-state index in [1.807, 2.05) is 13.8 Å². The van der Waals surface area contributed by atoms with Crippen LogP contribution in [0.2, 0.25) is 0 Å². The number of rotatable bonds is 4. The second kappa shape index (κ2) is 5.95. The number of aromatic nitrogens is 1. The molecule has 0 aliphatic heterocycles. The van der Waals surface area contributed by atoms with Crippen LogP contribution in [0.5, 0.6) is 0 Å². The molecular formula is C14H17BrN2S. The van der Waals surface area contributed by atoms with Crippen LogP contribution in [0.4, 0.5) is 0 Å². The fourth-order valence-electron chi connectivity index (χ4n) is 2.11. The Morgan fingerprint density at radius 3 is 2.50 bits per heavy atom. The molecule has 4 heteroatoms. The van der Waals surface area contributed by atoms with Crippen LogP contribution in [0.15, 0.2) is 28.1 Å². The molecule has 2 aromatic rings. The molecule has 1 N–H and O–H groups in total. The number of nitrogens with one attached hydrogen (secondary N) is 1. The van der Waals surface area contributed by atoms with E-state index in [9.17, 15) is 0 Å². The van der Waals surface area contributed by atoms with Crippen LogP contribution in [0.3, 0.4) is 0 Å². The lowest BCUT2D eigenvalue weighted by atomic mass is 10.0. The summed E-state index contributed by atoms with van der Waals surface area (Å²) in [6.45, 7) is 7.16. The molecule has 0 amide bonds. The smallest absolute Gasteiger partial charge is 0.0683 e. The van der Waals surface area contributed by atoms with Crippen molar-refractivity contribution in [3.8, 4) is 0 Å².